The molecule has 26 heavy (non-hydrogen) atoms. The Morgan fingerprint density at radius 3 is 2.42 bits per heavy atom. The zero-order valence-electron chi connectivity index (χ0n) is 14.9. The monoisotopic (exact) mass is 375 g/mol. The third-order valence-electron chi connectivity index (χ3n) is 4.32. The Labute approximate surface area is 151 Å². The summed E-state index contributed by atoms with van der Waals surface area (Å²) in [5, 5.41) is 0. The minimum Gasteiger partial charge on any atom is -0.380 e. The molecule has 138 valence electrons. The van der Waals surface area contributed by atoms with Crippen LogP contribution in [0.2, 0.25) is 0 Å². The first kappa shape index (κ1) is 18.4. The molecule has 0 radical (unpaired) electrons. The van der Waals surface area contributed by atoms with Crippen LogP contribution in [0.3, 0.4) is 0 Å². The Balaban J connectivity index is 1.86. The number of hydrogen-bond donors (Lipinski definition) is 1. The average Bonchev–Trinajstić information content (AvgIpc) is 2.85. The van der Waals surface area contributed by atoms with E-state index in [4.69, 9.17) is 4.74 Å². The number of hydrogen-bond acceptors (Lipinski definition) is 4. The van der Waals surface area contributed by atoms with E-state index in [1.165, 1.54) is 21.3 Å². The third-order valence-corrected chi connectivity index (χ3v) is 5.72. The molecule has 0 spiro atoms. The average molecular weight is 375 g/mol. The normalized spacial score (nSPS) is 12.0. The minimum absolute atomic E-state index is 0.124. The fourth-order valence-electron chi connectivity index (χ4n) is 2.91. The predicted octanol–water partition coefficient (Wildman–Crippen LogP) is 1.50. The van der Waals surface area contributed by atoms with Gasteiger partial charge in [0, 0.05) is 27.7 Å². The number of nitrogens with one attached hydrogen (secondary N) is 1. The summed E-state index contributed by atoms with van der Waals surface area (Å²) in [5.41, 5.74) is 2.88. The first-order valence-corrected chi connectivity index (χ1v) is 9.53. The van der Waals surface area contributed by atoms with E-state index in [-0.39, 0.29) is 17.1 Å². The standard InChI is InChI=1S/C18H21N3O4S/c1-20-16-8-7-15(10-17(16)21(2)18(20)22)26(23,24)19-11-13-5-4-6-14(9-13)12-25-3/h4-10,19H,11-12H2,1-3H3. The summed E-state index contributed by atoms with van der Waals surface area (Å²) in [4.78, 5) is 12.1. The van der Waals surface area contributed by atoms with Gasteiger partial charge in [-0.1, -0.05) is 24.3 Å². The molecule has 0 fully saturated rings. The Bertz CT molecular complexity index is 1110. The van der Waals surface area contributed by atoms with Gasteiger partial charge in [0.15, 0.2) is 0 Å². The van der Waals surface area contributed by atoms with Crippen LogP contribution >= 0.6 is 0 Å². The Morgan fingerprint density at radius 1 is 1.00 bits per heavy atom. The van der Waals surface area contributed by atoms with E-state index >= 15 is 0 Å². The fourth-order valence-corrected chi connectivity index (χ4v) is 3.95. The molecule has 1 aromatic heterocycles. The Kier molecular flexibility index (Phi) is 4.99. The van der Waals surface area contributed by atoms with Crippen molar-refractivity contribution in [2.45, 2.75) is 18.0 Å². The van der Waals surface area contributed by atoms with E-state index in [9.17, 15) is 13.2 Å². The van der Waals surface area contributed by atoms with Crippen molar-refractivity contribution in [1.29, 1.82) is 0 Å². The van der Waals surface area contributed by atoms with Crippen molar-refractivity contribution in [3.8, 4) is 0 Å². The molecule has 1 heterocycles. The van der Waals surface area contributed by atoms with Gasteiger partial charge < -0.3 is 4.74 Å². The summed E-state index contributed by atoms with van der Waals surface area (Å²) in [7, 11) is 1.19. The summed E-state index contributed by atoms with van der Waals surface area (Å²) in [6.45, 7) is 0.644. The number of aryl methyl sites for hydroxylation is 2. The molecule has 1 N–H and O–H groups in total. The van der Waals surface area contributed by atoms with Gasteiger partial charge in [0.25, 0.3) is 0 Å². The second-order valence-corrected chi connectivity index (χ2v) is 7.90. The number of benzene rings is 2. The van der Waals surface area contributed by atoms with Gasteiger partial charge in [-0.05, 0) is 29.3 Å². The summed E-state index contributed by atoms with van der Waals surface area (Å²) in [6.07, 6.45) is 0. The number of methoxy groups -OCH3 is 1. The summed E-state index contributed by atoms with van der Waals surface area (Å²) >= 11 is 0. The Hall–Kier alpha value is -2.42. The lowest BCUT2D eigenvalue weighted by molar-refractivity contribution is 0.185. The maximum atomic E-state index is 12.6. The van der Waals surface area contributed by atoms with Crippen molar-refractivity contribution in [1.82, 2.24) is 13.9 Å². The van der Waals surface area contributed by atoms with Crippen molar-refractivity contribution in [3.05, 3.63) is 64.1 Å². The lowest BCUT2D eigenvalue weighted by Crippen LogP contribution is -2.23. The lowest BCUT2D eigenvalue weighted by atomic mass is 10.1. The molecule has 3 rings (SSSR count). The van der Waals surface area contributed by atoms with Gasteiger partial charge >= 0.3 is 5.69 Å². The highest BCUT2D eigenvalue weighted by Gasteiger charge is 2.17. The van der Waals surface area contributed by atoms with Gasteiger partial charge in [0.1, 0.15) is 0 Å². The maximum absolute atomic E-state index is 12.6. The number of nitrogens with zero attached hydrogens (tertiary/aromatic N) is 2. The van der Waals surface area contributed by atoms with Crippen LogP contribution < -0.4 is 10.4 Å². The van der Waals surface area contributed by atoms with Crippen LogP contribution in [-0.4, -0.2) is 24.7 Å². The van der Waals surface area contributed by atoms with Crippen LogP contribution in [0, 0.1) is 0 Å². The van der Waals surface area contributed by atoms with Crippen molar-refractivity contribution >= 4 is 21.1 Å². The van der Waals surface area contributed by atoms with Crippen LogP contribution in [0.5, 0.6) is 0 Å². The van der Waals surface area contributed by atoms with Gasteiger partial charge in [-0.15, -0.1) is 0 Å². The number of rotatable bonds is 6. The highest BCUT2D eigenvalue weighted by molar-refractivity contribution is 7.89. The van der Waals surface area contributed by atoms with Crippen molar-refractivity contribution in [2.24, 2.45) is 14.1 Å². The molecule has 0 amide bonds. The topological polar surface area (TPSA) is 82.3 Å². The molecule has 2 aromatic carbocycles. The third kappa shape index (κ3) is 3.44. The first-order chi connectivity index (χ1) is 12.3. The molecule has 0 saturated carbocycles. The highest BCUT2D eigenvalue weighted by atomic mass is 32.2. The lowest BCUT2D eigenvalue weighted by Gasteiger charge is -2.09. The van der Waals surface area contributed by atoms with Gasteiger partial charge in [-0.3, -0.25) is 9.13 Å². The number of fused-ring (bicyclic) bond motifs is 1. The quantitative estimate of drug-likeness (QED) is 0.708. The highest BCUT2D eigenvalue weighted by Crippen LogP contribution is 2.18. The zero-order chi connectivity index (χ0) is 18.9. The van der Waals surface area contributed by atoms with Crippen LogP contribution in [0.15, 0.2) is 52.2 Å². The number of sulfonamides is 1. The SMILES string of the molecule is COCc1cccc(CNS(=O)(=O)c2ccc3c(c2)n(C)c(=O)n3C)c1. The minimum atomic E-state index is -3.70. The number of aromatic nitrogens is 2. The number of ether oxygens (including phenoxy) is 1. The zero-order valence-corrected chi connectivity index (χ0v) is 15.7. The van der Waals surface area contributed by atoms with Gasteiger partial charge in [0.05, 0.1) is 22.5 Å². The van der Waals surface area contributed by atoms with E-state index in [2.05, 4.69) is 4.72 Å². The fraction of sp³-hybridized carbons (Fsp3) is 0.278. The molecule has 0 aliphatic carbocycles. The first-order valence-electron chi connectivity index (χ1n) is 8.05. The van der Waals surface area contributed by atoms with Gasteiger partial charge in [0.2, 0.25) is 10.0 Å². The molecule has 3 aromatic rings. The van der Waals surface area contributed by atoms with E-state index in [1.54, 1.807) is 27.3 Å². The van der Waals surface area contributed by atoms with Gasteiger partial charge in [-0.25, -0.2) is 17.9 Å². The largest absolute Gasteiger partial charge is 0.380 e. The summed E-state index contributed by atoms with van der Waals surface area (Å²) in [6, 6.07) is 12.2. The molecular weight excluding hydrogens is 354 g/mol. The van der Waals surface area contributed by atoms with Crippen LogP contribution in [0.4, 0.5) is 0 Å². The summed E-state index contributed by atoms with van der Waals surface area (Å²) in [5.74, 6) is 0. The molecule has 0 aliphatic rings. The molecule has 0 atom stereocenters. The second-order valence-electron chi connectivity index (χ2n) is 6.13. The molecule has 0 unspecified atom stereocenters. The van der Waals surface area contributed by atoms with E-state index < -0.39 is 10.0 Å². The van der Waals surface area contributed by atoms with E-state index in [0.29, 0.717) is 17.6 Å². The van der Waals surface area contributed by atoms with Gasteiger partial charge in [-0.2, -0.15) is 0 Å². The van der Waals surface area contributed by atoms with Crippen LogP contribution in [0.25, 0.3) is 11.0 Å². The Morgan fingerprint density at radius 2 is 1.69 bits per heavy atom. The van der Waals surface area contributed by atoms with E-state index in [0.717, 1.165) is 11.1 Å². The molecule has 0 aliphatic heterocycles. The molecular formula is C18H21N3O4S. The molecule has 7 nitrogen and oxygen atoms in total. The van der Waals surface area contributed by atoms with Crippen molar-refractivity contribution in [3.63, 3.8) is 0 Å². The van der Waals surface area contributed by atoms with E-state index in [1.807, 2.05) is 24.3 Å². The molecule has 0 bridgehead atoms. The van der Waals surface area contributed by atoms with Crippen LogP contribution in [0.1, 0.15) is 11.1 Å². The maximum Gasteiger partial charge on any atom is 0.328 e. The second kappa shape index (κ2) is 7.06. The smallest absolute Gasteiger partial charge is 0.328 e. The number of imidazole rings is 1. The molecule has 8 heteroatoms. The summed E-state index contributed by atoms with van der Waals surface area (Å²) < 4.78 is 35.9. The van der Waals surface area contributed by atoms with Crippen LogP contribution in [-0.2, 0) is 42.0 Å². The van der Waals surface area contributed by atoms with Crippen molar-refractivity contribution in [2.75, 3.05) is 7.11 Å². The van der Waals surface area contributed by atoms with Crippen molar-refractivity contribution < 1.29 is 13.2 Å². The predicted molar refractivity (Wildman–Crippen MR) is 99.3 cm³/mol. The molecule has 0 saturated heterocycles.